The lowest BCUT2D eigenvalue weighted by molar-refractivity contribution is -0.385. The second-order valence-electron chi connectivity index (χ2n) is 4.32. The highest BCUT2D eigenvalue weighted by atomic mass is 79.9. The molecule has 20 heavy (non-hydrogen) atoms. The average molecular weight is 356 g/mol. The largest absolute Gasteiger partial charge is 0.379 e. The van der Waals surface area contributed by atoms with E-state index < -0.39 is 0 Å². The van der Waals surface area contributed by atoms with Crippen LogP contribution < -0.4 is 5.32 Å². The van der Waals surface area contributed by atoms with Crippen molar-refractivity contribution in [3.05, 3.63) is 67.1 Å². The van der Waals surface area contributed by atoms with Gasteiger partial charge in [0.15, 0.2) is 0 Å². The summed E-state index contributed by atoms with van der Waals surface area (Å²) >= 11 is 9.45. The number of nitrogens with zero attached hydrogens (tertiary/aromatic N) is 1. The van der Waals surface area contributed by atoms with E-state index in [0.717, 1.165) is 15.7 Å². The Balaban J connectivity index is 2.27. The van der Waals surface area contributed by atoms with E-state index in [2.05, 4.69) is 21.2 Å². The normalized spacial score (nSPS) is 10.3. The molecule has 0 aromatic heterocycles. The summed E-state index contributed by atoms with van der Waals surface area (Å²) in [6.07, 6.45) is 0. The van der Waals surface area contributed by atoms with E-state index >= 15 is 0 Å². The molecule has 2 aromatic rings. The number of nitrogens with one attached hydrogen (secondary N) is 1. The van der Waals surface area contributed by atoms with Crippen LogP contribution >= 0.6 is 27.5 Å². The lowest BCUT2D eigenvalue weighted by Gasteiger charge is -2.11. The predicted octanol–water partition coefficient (Wildman–Crippen LogP) is 4.93. The molecule has 0 saturated carbocycles. The molecule has 0 atom stereocenters. The monoisotopic (exact) mass is 354 g/mol. The molecule has 6 heteroatoms. The van der Waals surface area contributed by atoms with Crippen LogP contribution in [0.3, 0.4) is 0 Å². The van der Waals surface area contributed by atoms with E-state index in [1.165, 1.54) is 6.07 Å². The lowest BCUT2D eigenvalue weighted by Crippen LogP contribution is -2.04. The molecule has 104 valence electrons. The first-order valence-electron chi connectivity index (χ1n) is 5.91. The number of anilines is 1. The van der Waals surface area contributed by atoms with Gasteiger partial charge >= 0.3 is 0 Å². The minimum Gasteiger partial charge on any atom is -0.379 e. The standard InChI is InChI=1S/C14H12BrClN2O2/c1-9-3-2-4-12(16)14(9)17-8-10-7-11(15)5-6-13(10)18(19)20/h2-7,17H,8H2,1H3. The minimum atomic E-state index is -0.386. The number of halogens is 2. The van der Waals surface area contributed by atoms with Crippen LogP contribution in [0.4, 0.5) is 11.4 Å². The highest BCUT2D eigenvalue weighted by Crippen LogP contribution is 2.28. The van der Waals surface area contributed by atoms with Crippen molar-refractivity contribution in [2.45, 2.75) is 13.5 Å². The molecular formula is C14H12BrClN2O2. The van der Waals surface area contributed by atoms with Gasteiger partial charge in [-0.2, -0.15) is 0 Å². The van der Waals surface area contributed by atoms with E-state index in [-0.39, 0.29) is 10.6 Å². The van der Waals surface area contributed by atoms with Crippen molar-refractivity contribution >= 4 is 38.9 Å². The van der Waals surface area contributed by atoms with Gasteiger partial charge < -0.3 is 5.32 Å². The smallest absolute Gasteiger partial charge is 0.274 e. The zero-order valence-electron chi connectivity index (χ0n) is 10.7. The van der Waals surface area contributed by atoms with Crippen molar-refractivity contribution < 1.29 is 4.92 Å². The molecule has 2 rings (SSSR count). The van der Waals surface area contributed by atoms with Crippen LogP contribution in [0.15, 0.2) is 40.9 Å². The van der Waals surface area contributed by atoms with Gasteiger partial charge in [-0.05, 0) is 30.7 Å². The summed E-state index contributed by atoms with van der Waals surface area (Å²) in [4.78, 5) is 10.6. The molecular weight excluding hydrogens is 344 g/mol. The molecule has 2 aromatic carbocycles. The first kappa shape index (κ1) is 14.8. The molecule has 0 fully saturated rings. The van der Waals surface area contributed by atoms with E-state index in [9.17, 15) is 10.1 Å². The van der Waals surface area contributed by atoms with Crippen LogP contribution in [0.1, 0.15) is 11.1 Å². The van der Waals surface area contributed by atoms with Crippen molar-refractivity contribution in [3.8, 4) is 0 Å². The number of aryl methyl sites for hydroxylation is 1. The topological polar surface area (TPSA) is 55.2 Å². The van der Waals surface area contributed by atoms with Crippen LogP contribution in [-0.2, 0) is 6.54 Å². The van der Waals surface area contributed by atoms with Crippen molar-refractivity contribution in [3.63, 3.8) is 0 Å². The van der Waals surface area contributed by atoms with Gasteiger partial charge in [-0.3, -0.25) is 10.1 Å². The zero-order chi connectivity index (χ0) is 14.7. The molecule has 0 unspecified atom stereocenters. The number of benzene rings is 2. The third-order valence-electron chi connectivity index (χ3n) is 2.92. The summed E-state index contributed by atoms with van der Waals surface area (Å²) in [6, 6.07) is 10.5. The van der Waals surface area contributed by atoms with E-state index in [1.807, 2.05) is 19.1 Å². The zero-order valence-corrected chi connectivity index (χ0v) is 13.0. The number of nitro benzene ring substituents is 1. The maximum Gasteiger partial charge on any atom is 0.274 e. The lowest BCUT2D eigenvalue weighted by atomic mass is 10.1. The van der Waals surface area contributed by atoms with Gasteiger partial charge in [-0.1, -0.05) is 39.7 Å². The summed E-state index contributed by atoms with van der Waals surface area (Å²) in [5.74, 6) is 0. The van der Waals surface area contributed by atoms with E-state index in [4.69, 9.17) is 11.6 Å². The molecule has 0 aliphatic carbocycles. The maximum atomic E-state index is 11.0. The van der Waals surface area contributed by atoms with E-state index in [0.29, 0.717) is 17.1 Å². The first-order valence-corrected chi connectivity index (χ1v) is 7.08. The second kappa shape index (κ2) is 6.24. The Bertz CT molecular complexity index is 641. The molecule has 0 heterocycles. The van der Waals surface area contributed by atoms with Crippen molar-refractivity contribution in [1.29, 1.82) is 0 Å². The first-order chi connectivity index (χ1) is 9.49. The fourth-order valence-corrected chi connectivity index (χ4v) is 2.61. The molecule has 0 radical (unpaired) electrons. The fourth-order valence-electron chi connectivity index (χ4n) is 1.91. The van der Waals surface area contributed by atoms with Gasteiger partial charge in [0.2, 0.25) is 0 Å². The van der Waals surface area contributed by atoms with Gasteiger partial charge in [-0.15, -0.1) is 0 Å². The molecule has 1 N–H and O–H groups in total. The summed E-state index contributed by atoms with van der Waals surface area (Å²) < 4.78 is 0.802. The maximum absolute atomic E-state index is 11.0. The highest BCUT2D eigenvalue weighted by molar-refractivity contribution is 9.10. The van der Waals surface area contributed by atoms with Gasteiger partial charge in [-0.25, -0.2) is 0 Å². The summed E-state index contributed by atoms with van der Waals surface area (Å²) in [7, 11) is 0. The van der Waals surface area contributed by atoms with Crippen LogP contribution in [0.25, 0.3) is 0 Å². The van der Waals surface area contributed by atoms with Gasteiger partial charge in [0.05, 0.1) is 15.6 Å². The van der Waals surface area contributed by atoms with Crippen molar-refractivity contribution in [1.82, 2.24) is 0 Å². The van der Waals surface area contributed by atoms with Gasteiger partial charge in [0.1, 0.15) is 0 Å². The van der Waals surface area contributed by atoms with Gasteiger partial charge in [0.25, 0.3) is 5.69 Å². The van der Waals surface area contributed by atoms with Crippen molar-refractivity contribution in [2.24, 2.45) is 0 Å². The highest BCUT2D eigenvalue weighted by Gasteiger charge is 2.14. The molecule has 0 aliphatic rings. The number of nitro groups is 1. The molecule has 4 nitrogen and oxygen atoms in total. The third-order valence-corrected chi connectivity index (χ3v) is 3.72. The van der Waals surface area contributed by atoms with Crippen LogP contribution in [0.5, 0.6) is 0 Å². The third kappa shape index (κ3) is 3.29. The minimum absolute atomic E-state index is 0.0883. The van der Waals surface area contributed by atoms with E-state index in [1.54, 1.807) is 18.2 Å². The molecule has 0 amide bonds. The average Bonchev–Trinajstić information content (AvgIpc) is 2.37. The van der Waals surface area contributed by atoms with Crippen LogP contribution in [0, 0.1) is 17.0 Å². The Morgan fingerprint density at radius 2 is 2.10 bits per heavy atom. The molecule has 0 aliphatic heterocycles. The van der Waals surface area contributed by atoms with Crippen LogP contribution in [0.2, 0.25) is 5.02 Å². The summed E-state index contributed by atoms with van der Waals surface area (Å²) in [6.45, 7) is 2.27. The van der Waals surface area contributed by atoms with Crippen LogP contribution in [-0.4, -0.2) is 4.92 Å². The number of hydrogen-bond donors (Lipinski definition) is 1. The Labute approximate surface area is 130 Å². The quantitative estimate of drug-likeness (QED) is 0.625. The summed E-state index contributed by atoms with van der Waals surface area (Å²) in [5, 5.41) is 14.8. The Hall–Kier alpha value is -1.59. The molecule has 0 spiro atoms. The van der Waals surface area contributed by atoms with Gasteiger partial charge in [0, 0.05) is 22.6 Å². The Kier molecular flexibility index (Phi) is 4.62. The Morgan fingerprint density at radius 1 is 1.35 bits per heavy atom. The predicted molar refractivity (Wildman–Crippen MR) is 84.3 cm³/mol. The van der Waals surface area contributed by atoms with Crippen molar-refractivity contribution in [2.75, 3.05) is 5.32 Å². The number of para-hydroxylation sites is 1. The molecule has 0 bridgehead atoms. The fraction of sp³-hybridized carbons (Fsp3) is 0.143. The number of hydrogen-bond acceptors (Lipinski definition) is 3. The summed E-state index contributed by atoms with van der Waals surface area (Å²) in [5.41, 5.74) is 2.48. The number of rotatable bonds is 4. The molecule has 0 saturated heterocycles. The second-order valence-corrected chi connectivity index (χ2v) is 5.64. The Morgan fingerprint density at radius 3 is 2.75 bits per heavy atom. The SMILES string of the molecule is Cc1cccc(Cl)c1NCc1cc(Br)ccc1[N+](=O)[O-].